The van der Waals surface area contributed by atoms with Crippen LogP contribution < -0.4 is 5.32 Å². The molecule has 0 spiro atoms. The van der Waals surface area contributed by atoms with Crippen LogP contribution in [0, 0.1) is 16.7 Å². The highest BCUT2D eigenvalue weighted by Gasteiger charge is 2.78. The number of rotatable bonds is 13. The summed E-state index contributed by atoms with van der Waals surface area (Å²) in [5, 5.41) is 29.0. The first-order valence-electron chi connectivity index (χ1n) is 23.6. The van der Waals surface area contributed by atoms with Gasteiger partial charge in [0.2, 0.25) is 6.10 Å². The molecule has 3 N–H and O–H groups in total. The molecule has 11 atom stereocenters. The Morgan fingerprint density at radius 1 is 0.778 bits per heavy atom. The van der Waals surface area contributed by atoms with Crippen molar-refractivity contribution in [2.75, 3.05) is 6.61 Å². The smallest absolute Gasteiger partial charge is 0.455 e. The van der Waals surface area contributed by atoms with Gasteiger partial charge in [-0.25, -0.2) is 14.4 Å². The maximum Gasteiger partial charge on any atom is 0.509 e. The molecule has 17 nitrogen and oxygen atoms in total. The molecule has 0 unspecified atom stereocenters. The van der Waals surface area contributed by atoms with Gasteiger partial charge in [0, 0.05) is 37.7 Å². The Balaban J connectivity index is 1.29. The van der Waals surface area contributed by atoms with E-state index in [1.807, 2.05) is 0 Å². The van der Waals surface area contributed by atoms with Gasteiger partial charge in [0.25, 0.3) is 5.91 Å². The highest BCUT2D eigenvalue weighted by Crippen LogP contribution is 2.64. The van der Waals surface area contributed by atoms with Gasteiger partial charge in [-0.2, -0.15) is 0 Å². The zero-order chi connectivity index (χ0) is 51.8. The summed E-state index contributed by atoms with van der Waals surface area (Å²) in [6.45, 7) is 7.61. The van der Waals surface area contributed by atoms with Gasteiger partial charge in [0.05, 0.1) is 29.6 Å². The van der Waals surface area contributed by atoms with E-state index in [-0.39, 0.29) is 41.9 Å². The highest BCUT2D eigenvalue weighted by atomic mass is 16.7. The number of carbonyl (C=O) groups is 7. The second-order valence-electron chi connectivity index (χ2n) is 19.5. The molecule has 8 rings (SSSR count). The fourth-order valence-electron chi connectivity index (χ4n) is 11.1. The Kier molecular flexibility index (Phi) is 14.3. The van der Waals surface area contributed by atoms with Crippen molar-refractivity contribution in [3.8, 4) is 0 Å². The highest BCUT2D eigenvalue weighted by molar-refractivity contribution is 5.96. The minimum Gasteiger partial charge on any atom is -0.455 e. The summed E-state index contributed by atoms with van der Waals surface area (Å²) >= 11 is 0. The fourth-order valence-corrected chi connectivity index (χ4v) is 11.1. The number of hydrogen-bond acceptors (Lipinski definition) is 16. The van der Waals surface area contributed by atoms with Crippen LogP contribution in [0.25, 0.3) is 0 Å². The standard InChI is InChI=1S/C55H57NO16/c1-31-38(69-50(63)44(70-51(64)66-29-34-19-11-7-12-20-34)42(35-21-13-8-14-22-35)56-48(61)36-23-15-9-16-24-36)28-55(65)47(71-49(62)37-25-17-10-18-26-37)45-53(6,39(59)27-40-54(45,30-67-40)72-33(3)58)46(60)43(68-32(2)57)41(31)52(55,4)5/h7-26,38-40,42-45,47,59,65H,27-30H2,1-6H3,(H,56,61)/t38-,39-,40+,42-,43+,44+,45-,47-,53+,54-,55+/m0/s1. The molecule has 4 aromatic carbocycles. The number of fused-ring (bicyclic) bond motifs is 5. The van der Waals surface area contributed by atoms with Crippen LogP contribution in [0.4, 0.5) is 4.79 Å². The largest absolute Gasteiger partial charge is 0.509 e. The molecule has 72 heavy (non-hydrogen) atoms. The number of amides is 1. The van der Waals surface area contributed by atoms with E-state index in [4.69, 9.17) is 33.2 Å². The van der Waals surface area contributed by atoms with Crippen LogP contribution in [0.3, 0.4) is 0 Å². The van der Waals surface area contributed by atoms with Gasteiger partial charge in [0.1, 0.15) is 36.6 Å². The number of nitrogens with one attached hydrogen (secondary N) is 1. The van der Waals surface area contributed by atoms with Crippen molar-refractivity contribution in [2.45, 2.75) is 115 Å². The van der Waals surface area contributed by atoms with E-state index >= 15 is 9.59 Å². The number of aliphatic hydroxyl groups is 2. The lowest BCUT2D eigenvalue weighted by Gasteiger charge is -2.67. The maximum atomic E-state index is 15.7. The molecule has 1 heterocycles. The van der Waals surface area contributed by atoms with E-state index in [1.54, 1.807) is 123 Å². The summed E-state index contributed by atoms with van der Waals surface area (Å²) in [4.78, 5) is 99.5. The van der Waals surface area contributed by atoms with Crippen molar-refractivity contribution >= 4 is 41.7 Å². The lowest BCUT2D eigenvalue weighted by atomic mass is 9.44. The molecule has 17 heteroatoms. The van der Waals surface area contributed by atoms with Crippen LogP contribution >= 0.6 is 0 Å². The average Bonchev–Trinajstić information content (AvgIpc) is 3.36. The van der Waals surface area contributed by atoms with E-state index in [0.29, 0.717) is 11.1 Å². The zero-order valence-corrected chi connectivity index (χ0v) is 40.6. The predicted molar refractivity (Wildman–Crippen MR) is 253 cm³/mol. The zero-order valence-electron chi connectivity index (χ0n) is 40.6. The monoisotopic (exact) mass is 987 g/mol. The molecule has 3 aliphatic carbocycles. The first-order chi connectivity index (χ1) is 34.2. The van der Waals surface area contributed by atoms with Crippen molar-refractivity contribution in [3.05, 3.63) is 155 Å². The summed E-state index contributed by atoms with van der Waals surface area (Å²) in [5.74, 6) is -7.10. The Bertz CT molecular complexity index is 2750. The third-order valence-corrected chi connectivity index (χ3v) is 14.9. The first kappa shape index (κ1) is 51.2. The molecule has 1 amide bonds. The number of ketones is 1. The Hall–Kier alpha value is -7.21. The molecule has 2 bridgehead atoms. The number of benzene rings is 4. The number of esters is 4. The Labute approximate surface area is 415 Å². The number of ether oxygens (including phenoxy) is 7. The summed E-state index contributed by atoms with van der Waals surface area (Å²) < 4.78 is 42.1. The van der Waals surface area contributed by atoms with Crippen LogP contribution in [-0.4, -0.2) is 106 Å². The molecule has 0 aromatic heterocycles. The quantitative estimate of drug-likeness (QED) is 0.0780. The van der Waals surface area contributed by atoms with Crippen LogP contribution in [0.1, 0.15) is 92.3 Å². The lowest BCUT2D eigenvalue weighted by molar-refractivity contribution is -0.346. The van der Waals surface area contributed by atoms with Gasteiger partial charge < -0.3 is 48.7 Å². The van der Waals surface area contributed by atoms with Gasteiger partial charge >= 0.3 is 30.0 Å². The second-order valence-corrected chi connectivity index (χ2v) is 19.5. The molecule has 1 aliphatic heterocycles. The number of Topliss-reactive ketones (excluding diaryl/α,β-unsaturated/α-hetero) is 1. The molecule has 1 saturated heterocycles. The van der Waals surface area contributed by atoms with E-state index < -0.39 is 119 Å². The predicted octanol–water partition coefficient (Wildman–Crippen LogP) is 6.10. The minimum atomic E-state index is -2.47. The van der Waals surface area contributed by atoms with Crippen molar-refractivity contribution in [1.82, 2.24) is 5.32 Å². The molecule has 378 valence electrons. The summed E-state index contributed by atoms with van der Waals surface area (Å²) in [6, 6.07) is 31.3. The van der Waals surface area contributed by atoms with Crippen LogP contribution in [-0.2, 0) is 58.9 Å². The number of hydrogen-bond donors (Lipinski definition) is 3. The van der Waals surface area contributed by atoms with Crippen molar-refractivity contribution in [2.24, 2.45) is 16.7 Å². The average molecular weight is 988 g/mol. The molecule has 3 fully saturated rings. The van der Waals surface area contributed by atoms with Crippen LogP contribution in [0.5, 0.6) is 0 Å². The fraction of sp³-hybridized carbons (Fsp3) is 0.400. The number of aliphatic hydroxyl groups excluding tert-OH is 1. The number of carbonyl (C=O) groups excluding carboxylic acids is 7. The molecule has 4 aliphatic rings. The van der Waals surface area contributed by atoms with Gasteiger partial charge in [-0.1, -0.05) is 111 Å². The lowest BCUT2D eigenvalue weighted by Crippen LogP contribution is -2.82. The Morgan fingerprint density at radius 2 is 1.36 bits per heavy atom. The van der Waals surface area contributed by atoms with Gasteiger partial charge in [0.15, 0.2) is 17.5 Å². The van der Waals surface area contributed by atoms with Gasteiger partial charge in [-0.3, -0.25) is 19.2 Å². The third kappa shape index (κ3) is 9.27. The van der Waals surface area contributed by atoms with Crippen molar-refractivity contribution in [1.29, 1.82) is 0 Å². The first-order valence-corrected chi connectivity index (χ1v) is 23.6. The van der Waals surface area contributed by atoms with Crippen molar-refractivity contribution < 1.29 is 76.9 Å². The van der Waals surface area contributed by atoms with Gasteiger partial charge in [-0.15, -0.1) is 0 Å². The van der Waals surface area contributed by atoms with Crippen LogP contribution in [0.15, 0.2) is 132 Å². The second kappa shape index (κ2) is 20.1. The Morgan fingerprint density at radius 3 is 1.93 bits per heavy atom. The van der Waals surface area contributed by atoms with E-state index in [2.05, 4.69) is 5.32 Å². The van der Waals surface area contributed by atoms with E-state index in [1.165, 1.54) is 26.0 Å². The summed E-state index contributed by atoms with van der Waals surface area (Å²) in [5.41, 5.74) is -6.92. The molecular weight excluding hydrogens is 931 g/mol. The molecule has 4 aromatic rings. The summed E-state index contributed by atoms with van der Waals surface area (Å²) in [6.07, 6.45) is -12.2. The topological polar surface area (TPSA) is 237 Å². The normalized spacial score (nSPS) is 28.9. The van der Waals surface area contributed by atoms with E-state index in [9.17, 15) is 34.2 Å². The molecular formula is C55H57NO16. The maximum absolute atomic E-state index is 15.7. The SMILES string of the molecule is CC(=O)O[C@H]1C(=O)[C@@]2(C)[C@H]([C@H](OC(=O)c3ccccc3)[C@]3(O)C[C@H](OC(=O)[C@H](OC(=O)OCc4ccccc4)[C@@H](NC(=O)c4ccccc4)c4ccccc4)C(C)=C1C3(C)C)[C@]1(OC(C)=O)CO[C@@H]1C[C@@H]2O. The molecule has 2 saturated carbocycles. The minimum absolute atomic E-state index is 0.0421. The van der Waals surface area contributed by atoms with Gasteiger partial charge in [-0.05, 0) is 60.4 Å². The van der Waals surface area contributed by atoms with E-state index in [0.717, 1.165) is 13.8 Å². The van der Waals surface area contributed by atoms with Crippen LogP contribution in [0.2, 0.25) is 0 Å². The summed E-state index contributed by atoms with van der Waals surface area (Å²) in [7, 11) is 0. The molecule has 0 radical (unpaired) electrons. The third-order valence-electron chi connectivity index (χ3n) is 14.9. The van der Waals surface area contributed by atoms with Crippen molar-refractivity contribution in [3.63, 3.8) is 0 Å².